The summed E-state index contributed by atoms with van der Waals surface area (Å²) in [6.45, 7) is -0.0621. The lowest BCUT2D eigenvalue weighted by atomic mass is 10.0. The number of hydrogen-bond donors (Lipinski definition) is 9. The third kappa shape index (κ3) is 13.6. The van der Waals surface area contributed by atoms with Crippen LogP contribution in [0.3, 0.4) is 0 Å². The summed E-state index contributed by atoms with van der Waals surface area (Å²) < 4.78 is 14.0. The van der Waals surface area contributed by atoms with Gasteiger partial charge in [0.05, 0.1) is 18.6 Å². The van der Waals surface area contributed by atoms with Gasteiger partial charge in [-0.3, -0.25) is 33.6 Å². The quantitative estimate of drug-likeness (QED) is 0.0987. The summed E-state index contributed by atoms with van der Waals surface area (Å²) in [5, 5.41) is 22.1. The molecule has 7 rings (SSSR count). The first kappa shape index (κ1) is 48.1. The molecule has 7 amide bonds. The molecule has 1 aliphatic rings. The van der Waals surface area contributed by atoms with Crippen LogP contribution in [0.15, 0.2) is 110 Å². The number of aryl methyl sites for hydroxylation is 1. The van der Waals surface area contributed by atoms with E-state index in [1.54, 1.807) is 6.20 Å². The van der Waals surface area contributed by atoms with Crippen molar-refractivity contribution in [2.45, 2.75) is 82.0 Å². The highest BCUT2D eigenvalue weighted by Gasteiger charge is 2.32. The van der Waals surface area contributed by atoms with Crippen LogP contribution in [0.2, 0.25) is 0 Å². The number of rotatable bonds is 10. The first-order chi connectivity index (χ1) is 33.0. The SMILES string of the molecule is O=C1CC[C@H](NC(=O)CCc2cccc3ccccc23)C(=O)N[C@@H](Cc2c[nH]cn2)C(=O)N[C@H](Cc2ccc(F)cc2)C(=O)NCC(=O)N[C@@H](Cc2c[nH]c3ccccc23)C(=O)NCCCCN1. The van der Waals surface area contributed by atoms with Crippen molar-refractivity contribution in [3.63, 3.8) is 0 Å². The minimum Gasteiger partial charge on any atom is -0.361 e. The maximum atomic E-state index is 14.3. The fourth-order valence-electron chi connectivity index (χ4n) is 8.17. The van der Waals surface area contributed by atoms with Crippen molar-refractivity contribution in [3.05, 3.63) is 138 Å². The number of carbonyl (C=O) groups excluding carboxylic acids is 7. The zero-order chi connectivity index (χ0) is 47.8. The van der Waals surface area contributed by atoms with Gasteiger partial charge in [0.1, 0.15) is 30.0 Å². The molecule has 68 heavy (non-hydrogen) atoms. The van der Waals surface area contributed by atoms with E-state index in [-0.39, 0.29) is 57.5 Å². The Morgan fingerprint density at radius 2 is 1.34 bits per heavy atom. The van der Waals surface area contributed by atoms with Gasteiger partial charge in [0.2, 0.25) is 41.4 Å². The van der Waals surface area contributed by atoms with Crippen molar-refractivity contribution in [1.82, 2.24) is 52.2 Å². The Hall–Kier alpha value is -7.89. The normalized spacial score (nSPS) is 19.8. The maximum Gasteiger partial charge on any atom is 0.243 e. The van der Waals surface area contributed by atoms with Crippen molar-refractivity contribution < 1.29 is 38.0 Å². The Kier molecular flexibility index (Phi) is 16.6. The Balaban J connectivity index is 1.12. The van der Waals surface area contributed by atoms with Crippen LogP contribution in [0, 0.1) is 5.82 Å². The Morgan fingerprint density at radius 3 is 2.13 bits per heavy atom. The number of fused-ring (bicyclic) bond motifs is 2. The molecular formula is C50H55FN10O7. The molecule has 0 bridgehead atoms. The van der Waals surface area contributed by atoms with Crippen LogP contribution in [-0.2, 0) is 59.2 Å². The second-order valence-corrected chi connectivity index (χ2v) is 16.8. The van der Waals surface area contributed by atoms with Crippen LogP contribution >= 0.6 is 0 Å². The van der Waals surface area contributed by atoms with Gasteiger partial charge in [-0.1, -0.05) is 72.8 Å². The molecule has 6 aromatic rings. The van der Waals surface area contributed by atoms with Crippen molar-refractivity contribution in [1.29, 1.82) is 0 Å². The van der Waals surface area contributed by atoms with Gasteiger partial charge in [0.25, 0.3) is 0 Å². The van der Waals surface area contributed by atoms with Gasteiger partial charge < -0.3 is 47.2 Å². The number of imidazole rings is 1. The van der Waals surface area contributed by atoms with Gasteiger partial charge in [-0.05, 0) is 71.3 Å². The number of benzene rings is 4. The number of aromatic nitrogens is 3. The monoisotopic (exact) mass is 926 g/mol. The minimum absolute atomic E-state index is 0.0275. The van der Waals surface area contributed by atoms with Crippen LogP contribution in [-0.4, -0.2) is 100 Å². The van der Waals surface area contributed by atoms with Crippen molar-refractivity contribution in [2.24, 2.45) is 0 Å². The summed E-state index contributed by atoms with van der Waals surface area (Å²) in [6, 6.07) is 21.5. The number of amides is 7. The predicted octanol–water partition coefficient (Wildman–Crippen LogP) is 2.71. The van der Waals surface area contributed by atoms with E-state index >= 15 is 0 Å². The van der Waals surface area contributed by atoms with E-state index in [4.69, 9.17) is 0 Å². The summed E-state index contributed by atoms with van der Waals surface area (Å²) in [7, 11) is 0. The van der Waals surface area contributed by atoms with Gasteiger partial charge in [-0.15, -0.1) is 0 Å². The number of halogens is 1. The lowest BCUT2D eigenvalue weighted by Crippen LogP contribution is -2.58. The number of nitrogens with zero attached hydrogens (tertiary/aromatic N) is 1. The van der Waals surface area contributed by atoms with Crippen LogP contribution in [0.25, 0.3) is 21.7 Å². The molecule has 354 valence electrons. The zero-order valence-corrected chi connectivity index (χ0v) is 37.4. The van der Waals surface area contributed by atoms with Gasteiger partial charge in [0, 0.05) is 68.5 Å². The first-order valence-electron chi connectivity index (χ1n) is 22.7. The Bertz CT molecular complexity index is 2720. The van der Waals surface area contributed by atoms with Crippen LogP contribution in [0.4, 0.5) is 4.39 Å². The van der Waals surface area contributed by atoms with Gasteiger partial charge in [0.15, 0.2) is 0 Å². The molecule has 1 fully saturated rings. The molecule has 9 N–H and O–H groups in total. The van der Waals surface area contributed by atoms with Crippen LogP contribution in [0.5, 0.6) is 0 Å². The van der Waals surface area contributed by atoms with Gasteiger partial charge >= 0.3 is 0 Å². The van der Waals surface area contributed by atoms with E-state index in [1.165, 1.54) is 36.8 Å². The molecule has 0 aliphatic carbocycles. The molecule has 1 aliphatic heterocycles. The molecule has 4 atom stereocenters. The third-order valence-corrected chi connectivity index (χ3v) is 11.8. The van der Waals surface area contributed by atoms with E-state index < -0.39 is 72.0 Å². The van der Waals surface area contributed by atoms with Crippen molar-refractivity contribution in [3.8, 4) is 0 Å². The van der Waals surface area contributed by atoms with Gasteiger partial charge in [-0.25, -0.2) is 9.37 Å². The molecule has 1 saturated heterocycles. The molecule has 0 spiro atoms. The van der Waals surface area contributed by atoms with E-state index in [0.717, 1.165) is 32.8 Å². The van der Waals surface area contributed by atoms with E-state index in [2.05, 4.69) is 52.2 Å². The standard InChI is InChI=1S/C50H55FN10O7/c51-35-17-14-31(15-18-35)24-41-48(66)56-29-46(64)59-42(25-34-27-55-39-13-4-3-12-38(34)39)47(65)54-23-6-5-22-53-44(62)21-19-40(49(67)61-43(50(68)60-41)26-36-28-52-30-57-36)58-45(63)20-16-33-10-7-9-32-8-1-2-11-37(32)33/h1-4,7-15,17-18,27-28,30,40-43,55H,5-6,16,19-26,29H2,(H,52,57)(H,53,62)(H,54,65)(H,56,66)(H,58,63)(H,59,64)(H,60,68)(H,61,67)/t40-,41+,42-,43-/m0/s1. The molecule has 0 radical (unpaired) electrons. The lowest BCUT2D eigenvalue weighted by molar-refractivity contribution is -0.134. The predicted molar refractivity (Wildman–Crippen MR) is 252 cm³/mol. The molecule has 4 aromatic carbocycles. The highest BCUT2D eigenvalue weighted by Crippen LogP contribution is 2.21. The molecular weight excluding hydrogens is 872 g/mol. The molecule has 17 nitrogen and oxygen atoms in total. The number of carbonyl (C=O) groups is 7. The van der Waals surface area contributed by atoms with E-state index in [1.807, 2.05) is 66.7 Å². The number of H-pyrrole nitrogens is 2. The minimum atomic E-state index is -1.35. The summed E-state index contributed by atoms with van der Waals surface area (Å²) in [6.07, 6.45) is 5.67. The fraction of sp³-hybridized carbons (Fsp3) is 0.320. The Labute approximate surface area is 391 Å². The highest BCUT2D eigenvalue weighted by molar-refractivity contribution is 5.96. The fourth-order valence-corrected chi connectivity index (χ4v) is 8.17. The topological polar surface area (TPSA) is 248 Å². The average molecular weight is 927 g/mol. The smallest absolute Gasteiger partial charge is 0.243 e. The number of aromatic amines is 2. The zero-order valence-electron chi connectivity index (χ0n) is 37.4. The summed E-state index contributed by atoms with van der Waals surface area (Å²) in [5.74, 6) is -4.81. The molecule has 0 unspecified atom stereocenters. The third-order valence-electron chi connectivity index (χ3n) is 11.8. The summed E-state index contributed by atoms with van der Waals surface area (Å²) in [4.78, 5) is 107. The second kappa shape index (κ2) is 23.5. The highest BCUT2D eigenvalue weighted by atomic mass is 19.1. The van der Waals surface area contributed by atoms with Crippen LogP contribution in [0.1, 0.15) is 54.5 Å². The number of nitrogens with one attached hydrogen (secondary N) is 9. The summed E-state index contributed by atoms with van der Waals surface area (Å²) >= 11 is 0. The molecule has 18 heteroatoms. The van der Waals surface area contributed by atoms with Crippen LogP contribution < -0.4 is 37.2 Å². The Morgan fingerprint density at radius 1 is 0.647 bits per heavy atom. The number of para-hydroxylation sites is 1. The first-order valence-corrected chi connectivity index (χ1v) is 22.7. The maximum absolute atomic E-state index is 14.3. The summed E-state index contributed by atoms with van der Waals surface area (Å²) in [5.41, 5.74) is 3.44. The van der Waals surface area contributed by atoms with E-state index in [0.29, 0.717) is 30.5 Å². The van der Waals surface area contributed by atoms with Gasteiger partial charge in [-0.2, -0.15) is 0 Å². The van der Waals surface area contributed by atoms with Crippen molar-refractivity contribution in [2.75, 3.05) is 19.6 Å². The second-order valence-electron chi connectivity index (χ2n) is 16.8. The number of hydrogen-bond acceptors (Lipinski definition) is 8. The average Bonchev–Trinajstić information content (AvgIpc) is 4.02. The lowest BCUT2D eigenvalue weighted by Gasteiger charge is -2.25. The molecule has 0 saturated carbocycles. The van der Waals surface area contributed by atoms with Crippen molar-refractivity contribution >= 4 is 63.0 Å². The molecule has 2 aromatic heterocycles. The molecule has 3 heterocycles. The van der Waals surface area contributed by atoms with E-state index in [9.17, 15) is 38.0 Å². The largest absolute Gasteiger partial charge is 0.361 e.